The van der Waals surface area contributed by atoms with Crippen LogP contribution in [0.15, 0.2) is 66.9 Å². The number of nitrogens with one attached hydrogen (secondary N) is 2. The molecule has 132 valence electrons. The van der Waals surface area contributed by atoms with Crippen LogP contribution in [0.3, 0.4) is 0 Å². The lowest BCUT2D eigenvalue weighted by atomic mass is 10.1. The quantitative estimate of drug-likeness (QED) is 0.674. The Labute approximate surface area is 154 Å². The number of aryl methyl sites for hydroxylation is 2. The minimum atomic E-state index is -0.212. The summed E-state index contributed by atoms with van der Waals surface area (Å²) in [4.78, 5) is 16.7. The molecule has 0 radical (unpaired) electrons. The lowest BCUT2D eigenvalue weighted by molar-refractivity contribution is 0.102. The van der Waals surface area contributed by atoms with Crippen molar-refractivity contribution in [2.24, 2.45) is 0 Å². The Kier molecular flexibility index (Phi) is 5.32. The highest BCUT2D eigenvalue weighted by Crippen LogP contribution is 2.19. The number of pyridine rings is 1. The van der Waals surface area contributed by atoms with E-state index in [4.69, 9.17) is 0 Å². The molecule has 0 aliphatic rings. The number of hydrogen-bond donors (Lipinski definition) is 2. The van der Waals surface area contributed by atoms with Crippen LogP contribution in [0.25, 0.3) is 0 Å². The van der Waals surface area contributed by atoms with E-state index < -0.39 is 0 Å². The number of nitrogens with zero attached hydrogens (tertiary/aromatic N) is 1. The molecule has 0 aliphatic heterocycles. The molecule has 1 amide bonds. The lowest BCUT2D eigenvalue weighted by Crippen LogP contribution is -2.14. The fourth-order valence-corrected chi connectivity index (χ4v) is 2.70. The van der Waals surface area contributed by atoms with Crippen molar-refractivity contribution in [1.82, 2.24) is 4.98 Å². The summed E-state index contributed by atoms with van der Waals surface area (Å²) >= 11 is 0. The molecule has 4 nitrogen and oxygen atoms in total. The summed E-state index contributed by atoms with van der Waals surface area (Å²) in [6, 6.07) is 19.8. The van der Waals surface area contributed by atoms with Gasteiger partial charge in [0, 0.05) is 11.7 Å². The van der Waals surface area contributed by atoms with Gasteiger partial charge in [0.1, 0.15) is 5.69 Å². The maximum absolute atomic E-state index is 12.4. The zero-order valence-electron chi connectivity index (χ0n) is 15.3. The van der Waals surface area contributed by atoms with E-state index in [1.165, 1.54) is 11.1 Å². The lowest BCUT2D eigenvalue weighted by Gasteiger charge is -2.15. The van der Waals surface area contributed by atoms with Crippen LogP contribution in [0.5, 0.6) is 0 Å². The average Bonchev–Trinajstić information content (AvgIpc) is 2.66. The Hall–Kier alpha value is -3.14. The van der Waals surface area contributed by atoms with Crippen molar-refractivity contribution in [1.29, 1.82) is 0 Å². The van der Waals surface area contributed by atoms with Crippen LogP contribution in [-0.2, 0) is 0 Å². The van der Waals surface area contributed by atoms with Crippen LogP contribution in [0, 0.1) is 13.8 Å². The standard InChI is InChI=1S/C22H23N3O/c1-15-9-10-19(13-16(15)2)25-22(26)21-12-11-20(14-23-21)24-17(3)18-7-5-4-6-8-18/h4-14,17,24H,1-3H3,(H,25,26). The number of aromatic nitrogens is 1. The second-order valence-corrected chi connectivity index (χ2v) is 6.46. The van der Waals surface area contributed by atoms with Crippen molar-refractivity contribution in [2.75, 3.05) is 10.6 Å². The molecule has 3 rings (SSSR count). The molecule has 2 N–H and O–H groups in total. The zero-order valence-corrected chi connectivity index (χ0v) is 15.3. The first-order valence-electron chi connectivity index (χ1n) is 8.69. The SMILES string of the molecule is Cc1ccc(NC(=O)c2ccc(NC(C)c3ccccc3)cn2)cc1C. The molecule has 0 bridgehead atoms. The van der Waals surface area contributed by atoms with Gasteiger partial charge in [0.25, 0.3) is 5.91 Å². The summed E-state index contributed by atoms with van der Waals surface area (Å²) in [6.45, 7) is 6.16. The van der Waals surface area contributed by atoms with Crippen LogP contribution in [0.4, 0.5) is 11.4 Å². The highest BCUT2D eigenvalue weighted by molar-refractivity contribution is 6.03. The fraction of sp³-hybridized carbons (Fsp3) is 0.182. The van der Waals surface area contributed by atoms with Gasteiger partial charge in [-0.05, 0) is 61.7 Å². The first-order chi connectivity index (χ1) is 12.5. The molecular weight excluding hydrogens is 322 g/mol. The molecule has 0 saturated heterocycles. The largest absolute Gasteiger partial charge is 0.377 e. The van der Waals surface area contributed by atoms with E-state index in [9.17, 15) is 4.79 Å². The maximum Gasteiger partial charge on any atom is 0.274 e. The average molecular weight is 345 g/mol. The van der Waals surface area contributed by atoms with Crippen molar-refractivity contribution in [3.05, 3.63) is 89.2 Å². The van der Waals surface area contributed by atoms with Gasteiger partial charge in [0.15, 0.2) is 0 Å². The second kappa shape index (κ2) is 7.83. The number of hydrogen-bond acceptors (Lipinski definition) is 3. The van der Waals surface area contributed by atoms with Gasteiger partial charge in [-0.25, -0.2) is 4.98 Å². The highest BCUT2D eigenvalue weighted by Gasteiger charge is 2.09. The third kappa shape index (κ3) is 4.28. The number of rotatable bonds is 5. The summed E-state index contributed by atoms with van der Waals surface area (Å²) in [5.74, 6) is -0.212. The Bertz CT molecular complexity index is 889. The van der Waals surface area contributed by atoms with Crippen LogP contribution < -0.4 is 10.6 Å². The molecule has 0 fully saturated rings. The van der Waals surface area contributed by atoms with Crippen LogP contribution in [-0.4, -0.2) is 10.9 Å². The smallest absolute Gasteiger partial charge is 0.274 e. The van der Waals surface area contributed by atoms with Gasteiger partial charge in [-0.15, -0.1) is 0 Å². The predicted molar refractivity (Wildman–Crippen MR) is 107 cm³/mol. The predicted octanol–water partition coefficient (Wildman–Crippen LogP) is 5.12. The van der Waals surface area contributed by atoms with Gasteiger partial charge < -0.3 is 10.6 Å². The topological polar surface area (TPSA) is 54.0 Å². The van der Waals surface area contributed by atoms with E-state index in [0.717, 1.165) is 16.9 Å². The van der Waals surface area contributed by atoms with Gasteiger partial charge >= 0.3 is 0 Å². The van der Waals surface area contributed by atoms with E-state index in [-0.39, 0.29) is 11.9 Å². The van der Waals surface area contributed by atoms with Crippen molar-refractivity contribution in [3.63, 3.8) is 0 Å². The van der Waals surface area contributed by atoms with E-state index in [0.29, 0.717) is 5.69 Å². The molecule has 1 aromatic heterocycles. The number of carbonyl (C=O) groups excluding carboxylic acids is 1. The summed E-state index contributed by atoms with van der Waals surface area (Å²) in [5, 5.41) is 6.28. The normalized spacial score (nSPS) is 11.7. The van der Waals surface area contributed by atoms with Crippen LogP contribution in [0.1, 0.15) is 40.1 Å². The Balaban J connectivity index is 1.65. The van der Waals surface area contributed by atoms with Gasteiger partial charge in [-0.3, -0.25) is 4.79 Å². The van der Waals surface area contributed by atoms with Gasteiger partial charge in [-0.1, -0.05) is 36.4 Å². The molecule has 4 heteroatoms. The number of benzene rings is 2. The first kappa shape index (κ1) is 17.7. The molecule has 1 unspecified atom stereocenters. The minimum Gasteiger partial charge on any atom is -0.377 e. The summed E-state index contributed by atoms with van der Waals surface area (Å²) in [6.07, 6.45) is 1.69. The number of amides is 1. The fourth-order valence-electron chi connectivity index (χ4n) is 2.70. The van der Waals surface area contributed by atoms with Crippen LogP contribution in [0.2, 0.25) is 0 Å². The summed E-state index contributed by atoms with van der Waals surface area (Å²) in [7, 11) is 0. The van der Waals surface area contributed by atoms with E-state index in [2.05, 4.69) is 34.7 Å². The Morgan fingerprint density at radius 3 is 2.31 bits per heavy atom. The molecule has 0 aliphatic carbocycles. The van der Waals surface area contributed by atoms with Crippen molar-refractivity contribution < 1.29 is 4.79 Å². The Morgan fingerprint density at radius 1 is 0.923 bits per heavy atom. The first-order valence-corrected chi connectivity index (χ1v) is 8.69. The summed E-state index contributed by atoms with van der Waals surface area (Å²) in [5.41, 5.74) is 5.59. The van der Waals surface area contributed by atoms with Crippen molar-refractivity contribution >= 4 is 17.3 Å². The molecule has 0 saturated carbocycles. The molecule has 26 heavy (non-hydrogen) atoms. The maximum atomic E-state index is 12.4. The van der Waals surface area contributed by atoms with Gasteiger partial charge in [0.2, 0.25) is 0 Å². The highest BCUT2D eigenvalue weighted by atomic mass is 16.1. The van der Waals surface area contributed by atoms with Gasteiger partial charge in [-0.2, -0.15) is 0 Å². The molecule has 0 spiro atoms. The summed E-state index contributed by atoms with van der Waals surface area (Å²) < 4.78 is 0. The minimum absolute atomic E-state index is 0.160. The third-order valence-electron chi connectivity index (χ3n) is 4.44. The van der Waals surface area contributed by atoms with E-state index in [1.54, 1.807) is 12.3 Å². The monoisotopic (exact) mass is 345 g/mol. The Morgan fingerprint density at radius 2 is 1.65 bits per heavy atom. The third-order valence-corrected chi connectivity index (χ3v) is 4.44. The van der Waals surface area contributed by atoms with Crippen LogP contribution >= 0.6 is 0 Å². The zero-order chi connectivity index (χ0) is 18.5. The number of anilines is 2. The van der Waals surface area contributed by atoms with Crippen molar-refractivity contribution in [3.8, 4) is 0 Å². The molecule has 2 aromatic carbocycles. The van der Waals surface area contributed by atoms with Gasteiger partial charge in [0.05, 0.1) is 11.9 Å². The van der Waals surface area contributed by atoms with E-state index >= 15 is 0 Å². The molecule has 1 heterocycles. The second-order valence-electron chi connectivity index (χ2n) is 6.46. The molecular formula is C22H23N3O. The van der Waals surface area contributed by atoms with E-state index in [1.807, 2.05) is 56.3 Å². The van der Waals surface area contributed by atoms with Crippen molar-refractivity contribution in [2.45, 2.75) is 26.8 Å². The molecule has 1 atom stereocenters. The molecule has 3 aromatic rings. The number of carbonyl (C=O) groups is 1.